The van der Waals surface area contributed by atoms with Gasteiger partial charge in [-0.2, -0.15) is 0 Å². The van der Waals surface area contributed by atoms with Crippen LogP contribution in [0.15, 0.2) is 60.8 Å². The highest BCUT2D eigenvalue weighted by Crippen LogP contribution is 2.22. The first kappa shape index (κ1) is 13.1. The molecule has 0 aliphatic heterocycles. The van der Waals surface area contributed by atoms with Gasteiger partial charge in [-0.05, 0) is 30.3 Å². The Hall–Kier alpha value is -2.88. The number of hydrogen-bond acceptors (Lipinski definition) is 3. The van der Waals surface area contributed by atoms with E-state index in [9.17, 15) is 4.79 Å². The van der Waals surface area contributed by atoms with Crippen molar-refractivity contribution in [3.05, 3.63) is 66.4 Å². The summed E-state index contributed by atoms with van der Waals surface area (Å²) >= 11 is 0. The zero-order valence-corrected chi connectivity index (χ0v) is 11.5. The highest BCUT2D eigenvalue weighted by molar-refractivity contribution is 6.08. The summed E-state index contributed by atoms with van der Waals surface area (Å²) in [6, 6.07) is 16.5. The van der Waals surface area contributed by atoms with Crippen molar-refractivity contribution in [1.29, 1.82) is 0 Å². The maximum absolute atomic E-state index is 12.3. The Morgan fingerprint density at radius 3 is 2.81 bits per heavy atom. The lowest BCUT2D eigenvalue weighted by atomic mass is 10.1. The van der Waals surface area contributed by atoms with Gasteiger partial charge in [0.15, 0.2) is 0 Å². The van der Waals surface area contributed by atoms with Crippen LogP contribution in [0.25, 0.3) is 10.9 Å². The van der Waals surface area contributed by atoms with Crippen LogP contribution in [0.3, 0.4) is 0 Å². The van der Waals surface area contributed by atoms with Crippen LogP contribution in [-0.4, -0.2) is 18.0 Å². The standard InChI is InChI=1S/C17H14N2O2/c1-21-13-6-4-5-12(11-13)17(20)19-16-9-10-18-15-8-3-2-7-14(15)16/h2-11H,1H3,(H,18,19,20). The van der Waals surface area contributed by atoms with Crippen molar-refractivity contribution in [2.75, 3.05) is 12.4 Å². The van der Waals surface area contributed by atoms with Crippen LogP contribution < -0.4 is 10.1 Å². The number of carbonyl (C=O) groups is 1. The van der Waals surface area contributed by atoms with Crippen molar-refractivity contribution in [3.63, 3.8) is 0 Å². The number of aromatic nitrogens is 1. The summed E-state index contributed by atoms with van der Waals surface area (Å²) in [5, 5.41) is 3.83. The Kier molecular flexibility index (Phi) is 3.51. The monoisotopic (exact) mass is 278 g/mol. The number of fused-ring (bicyclic) bond motifs is 1. The number of rotatable bonds is 3. The number of benzene rings is 2. The maximum Gasteiger partial charge on any atom is 0.255 e. The van der Waals surface area contributed by atoms with Crippen LogP contribution in [-0.2, 0) is 0 Å². The fourth-order valence-electron chi connectivity index (χ4n) is 2.16. The Morgan fingerprint density at radius 2 is 1.95 bits per heavy atom. The molecule has 1 heterocycles. The van der Waals surface area contributed by atoms with Gasteiger partial charge in [0.1, 0.15) is 5.75 Å². The van der Waals surface area contributed by atoms with Crippen LogP contribution >= 0.6 is 0 Å². The molecule has 0 radical (unpaired) electrons. The fourth-order valence-corrected chi connectivity index (χ4v) is 2.16. The number of nitrogens with one attached hydrogen (secondary N) is 1. The predicted octanol–water partition coefficient (Wildman–Crippen LogP) is 3.50. The smallest absolute Gasteiger partial charge is 0.255 e. The molecule has 0 bridgehead atoms. The van der Waals surface area contributed by atoms with Gasteiger partial charge in [-0.15, -0.1) is 0 Å². The normalized spacial score (nSPS) is 10.3. The van der Waals surface area contributed by atoms with E-state index in [1.54, 1.807) is 43.6 Å². The second-order valence-electron chi connectivity index (χ2n) is 4.56. The van der Waals surface area contributed by atoms with E-state index in [4.69, 9.17) is 4.74 Å². The van der Waals surface area contributed by atoms with Crippen LogP contribution in [0.4, 0.5) is 5.69 Å². The van der Waals surface area contributed by atoms with Crippen molar-refractivity contribution in [2.45, 2.75) is 0 Å². The molecule has 104 valence electrons. The molecule has 4 nitrogen and oxygen atoms in total. The van der Waals surface area contributed by atoms with Crippen molar-refractivity contribution in [2.24, 2.45) is 0 Å². The van der Waals surface area contributed by atoms with E-state index in [1.165, 1.54) is 0 Å². The molecule has 0 fully saturated rings. The van der Waals surface area contributed by atoms with Crippen LogP contribution in [0, 0.1) is 0 Å². The lowest BCUT2D eigenvalue weighted by Crippen LogP contribution is -2.12. The minimum Gasteiger partial charge on any atom is -0.497 e. The molecule has 0 spiro atoms. The molecular weight excluding hydrogens is 264 g/mol. The number of para-hydroxylation sites is 1. The summed E-state index contributed by atoms with van der Waals surface area (Å²) in [5.41, 5.74) is 2.14. The Balaban J connectivity index is 1.93. The van der Waals surface area contributed by atoms with Crippen molar-refractivity contribution in [3.8, 4) is 5.75 Å². The number of anilines is 1. The Bertz CT molecular complexity index is 794. The lowest BCUT2D eigenvalue weighted by molar-refractivity contribution is 0.102. The van der Waals surface area contributed by atoms with Crippen molar-refractivity contribution < 1.29 is 9.53 Å². The van der Waals surface area contributed by atoms with Gasteiger partial charge in [0.25, 0.3) is 5.91 Å². The van der Waals surface area contributed by atoms with Gasteiger partial charge in [0, 0.05) is 17.1 Å². The number of nitrogens with zero attached hydrogens (tertiary/aromatic N) is 1. The van der Waals surface area contributed by atoms with Gasteiger partial charge in [-0.25, -0.2) is 0 Å². The zero-order valence-electron chi connectivity index (χ0n) is 11.5. The molecular formula is C17H14N2O2. The van der Waals surface area contributed by atoms with E-state index in [0.717, 1.165) is 16.6 Å². The molecule has 0 saturated carbocycles. The van der Waals surface area contributed by atoms with Gasteiger partial charge in [-0.3, -0.25) is 9.78 Å². The molecule has 2 aromatic carbocycles. The van der Waals surface area contributed by atoms with Gasteiger partial charge in [0.05, 0.1) is 18.3 Å². The molecule has 1 amide bonds. The number of methoxy groups -OCH3 is 1. The molecule has 4 heteroatoms. The molecule has 1 N–H and O–H groups in total. The summed E-state index contributed by atoms with van der Waals surface area (Å²) < 4.78 is 5.14. The van der Waals surface area contributed by atoms with E-state index in [-0.39, 0.29) is 5.91 Å². The summed E-state index contributed by atoms with van der Waals surface area (Å²) in [7, 11) is 1.58. The number of ether oxygens (including phenoxy) is 1. The second-order valence-corrected chi connectivity index (χ2v) is 4.56. The highest BCUT2D eigenvalue weighted by Gasteiger charge is 2.09. The lowest BCUT2D eigenvalue weighted by Gasteiger charge is -2.09. The Morgan fingerprint density at radius 1 is 1.10 bits per heavy atom. The SMILES string of the molecule is COc1cccc(C(=O)Nc2ccnc3ccccc23)c1. The van der Waals surface area contributed by atoms with Crippen LogP contribution in [0.5, 0.6) is 5.75 Å². The molecule has 3 aromatic rings. The number of pyridine rings is 1. The van der Waals surface area contributed by atoms with Crippen molar-refractivity contribution >= 4 is 22.5 Å². The average Bonchev–Trinajstić information content (AvgIpc) is 2.55. The fraction of sp³-hybridized carbons (Fsp3) is 0.0588. The molecule has 0 unspecified atom stereocenters. The van der Waals surface area contributed by atoms with Gasteiger partial charge in [0.2, 0.25) is 0 Å². The topological polar surface area (TPSA) is 51.2 Å². The highest BCUT2D eigenvalue weighted by atomic mass is 16.5. The molecule has 3 rings (SSSR count). The van der Waals surface area contributed by atoms with E-state index >= 15 is 0 Å². The quantitative estimate of drug-likeness (QED) is 0.797. The first-order chi connectivity index (χ1) is 10.3. The molecule has 0 saturated heterocycles. The summed E-state index contributed by atoms with van der Waals surface area (Å²) in [6.45, 7) is 0. The van der Waals surface area contributed by atoms with E-state index in [2.05, 4.69) is 10.3 Å². The first-order valence-electron chi connectivity index (χ1n) is 6.57. The average molecular weight is 278 g/mol. The summed E-state index contributed by atoms with van der Waals surface area (Å²) in [6.07, 6.45) is 1.68. The number of carbonyl (C=O) groups excluding carboxylic acids is 1. The first-order valence-corrected chi connectivity index (χ1v) is 6.57. The molecule has 1 aromatic heterocycles. The van der Waals surface area contributed by atoms with Gasteiger partial charge in [-0.1, -0.05) is 24.3 Å². The molecule has 0 atom stereocenters. The van der Waals surface area contributed by atoms with Crippen LogP contribution in [0.2, 0.25) is 0 Å². The predicted molar refractivity (Wildman–Crippen MR) is 82.7 cm³/mol. The van der Waals surface area contributed by atoms with Crippen molar-refractivity contribution in [1.82, 2.24) is 4.98 Å². The largest absolute Gasteiger partial charge is 0.497 e. The minimum atomic E-state index is -0.176. The van der Waals surface area contributed by atoms with E-state index in [0.29, 0.717) is 11.3 Å². The molecule has 0 aliphatic rings. The van der Waals surface area contributed by atoms with E-state index < -0.39 is 0 Å². The maximum atomic E-state index is 12.3. The summed E-state index contributed by atoms with van der Waals surface area (Å²) in [4.78, 5) is 16.6. The molecule has 21 heavy (non-hydrogen) atoms. The third-order valence-corrected chi connectivity index (χ3v) is 3.23. The third-order valence-electron chi connectivity index (χ3n) is 3.23. The third kappa shape index (κ3) is 2.69. The van der Waals surface area contributed by atoms with Gasteiger partial charge >= 0.3 is 0 Å². The second kappa shape index (κ2) is 5.63. The number of hydrogen-bond donors (Lipinski definition) is 1. The Labute approximate surface area is 122 Å². The van der Waals surface area contributed by atoms with Crippen LogP contribution in [0.1, 0.15) is 10.4 Å². The van der Waals surface area contributed by atoms with E-state index in [1.807, 2.05) is 24.3 Å². The summed E-state index contributed by atoms with van der Waals surface area (Å²) in [5.74, 6) is 0.479. The van der Waals surface area contributed by atoms with Gasteiger partial charge < -0.3 is 10.1 Å². The minimum absolute atomic E-state index is 0.176. The number of amides is 1. The zero-order chi connectivity index (χ0) is 14.7. The molecule has 0 aliphatic carbocycles.